The van der Waals surface area contributed by atoms with Gasteiger partial charge in [-0.3, -0.25) is 0 Å². The monoisotopic (exact) mass is 293 g/mol. The molecule has 22 heavy (non-hydrogen) atoms. The van der Waals surface area contributed by atoms with E-state index in [0.29, 0.717) is 5.71 Å². The van der Waals surface area contributed by atoms with Crippen molar-refractivity contribution in [2.45, 2.75) is 13.8 Å². The minimum Gasteiger partial charge on any atom is -0.497 e. The Morgan fingerprint density at radius 3 is 2.50 bits per heavy atom. The molecule has 0 aliphatic rings. The van der Waals surface area contributed by atoms with Gasteiger partial charge in [-0.25, -0.2) is 4.52 Å². The van der Waals surface area contributed by atoms with E-state index in [4.69, 9.17) is 10.1 Å². The maximum atomic E-state index is 8.47. The molecule has 4 nitrogen and oxygen atoms in total. The lowest BCUT2D eigenvalue weighted by Gasteiger charge is -2.09. The van der Waals surface area contributed by atoms with E-state index in [1.54, 1.807) is 7.11 Å². The quantitative estimate of drug-likeness (QED) is 0.738. The van der Waals surface area contributed by atoms with Crippen LogP contribution in [0.15, 0.2) is 48.7 Å². The van der Waals surface area contributed by atoms with E-state index in [0.717, 1.165) is 28.1 Å². The molecule has 0 aliphatic carbocycles. The van der Waals surface area contributed by atoms with Gasteiger partial charge in [-0.1, -0.05) is 19.9 Å². The molecule has 3 rings (SSSR count). The number of nitrogens with zero attached hydrogens (tertiary/aromatic N) is 2. The largest absolute Gasteiger partial charge is 0.497 e. The van der Waals surface area contributed by atoms with Crippen LogP contribution in [0.2, 0.25) is 0 Å². The zero-order chi connectivity index (χ0) is 15.7. The molecule has 0 radical (unpaired) electrons. The first kappa shape index (κ1) is 14.3. The molecule has 1 aromatic carbocycles. The Hall–Kier alpha value is -2.62. The molecule has 0 saturated carbocycles. The number of rotatable bonds is 4. The van der Waals surface area contributed by atoms with E-state index in [1.165, 1.54) is 0 Å². The fourth-order valence-electron chi connectivity index (χ4n) is 2.50. The van der Waals surface area contributed by atoms with Crippen molar-refractivity contribution in [2.75, 3.05) is 7.11 Å². The Morgan fingerprint density at radius 2 is 1.86 bits per heavy atom. The summed E-state index contributed by atoms with van der Waals surface area (Å²) in [7, 11) is 1.65. The third kappa shape index (κ3) is 2.37. The van der Waals surface area contributed by atoms with Crippen LogP contribution in [0.25, 0.3) is 16.8 Å². The summed E-state index contributed by atoms with van der Waals surface area (Å²) < 4.78 is 7.05. The Balaban J connectivity index is 2.23. The number of ether oxygens (including phenoxy) is 1. The smallest absolute Gasteiger partial charge is 0.118 e. The van der Waals surface area contributed by atoms with Crippen molar-refractivity contribution < 1.29 is 4.74 Å². The van der Waals surface area contributed by atoms with Crippen LogP contribution in [0.5, 0.6) is 5.75 Å². The highest BCUT2D eigenvalue weighted by Gasteiger charge is 2.19. The van der Waals surface area contributed by atoms with Crippen molar-refractivity contribution in [3.63, 3.8) is 0 Å². The van der Waals surface area contributed by atoms with Crippen LogP contribution in [0.3, 0.4) is 0 Å². The first-order valence-corrected chi connectivity index (χ1v) is 7.32. The van der Waals surface area contributed by atoms with Gasteiger partial charge in [0.1, 0.15) is 11.4 Å². The molecule has 112 valence electrons. The van der Waals surface area contributed by atoms with Gasteiger partial charge in [0.05, 0.1) is 12.6 Å². The third-order valence-corrected chi connectivity index (χ3v) is 3.75. The zero-order valence-corrected chi connectivity index (χ0v) is 13.0. The molecule has 2 heterocycles. The fraction of sp³-hybridized carbons (Fsp3) is 0.222. The van der Waals surface area contributed by atoms with E-state index in [1.807, 2.05) is 67.0 Å². The first-order chi connectivity index (χ1) is 10.6. The molecular weight excluding hydrogens is 274 g/mol. The standard InChI is InChI=1S/C18H19N3O/c1-12(2)17(19)16-15-6-4-5-11-21(15)20-18(16)13-7-9-14(22-3)10-8-13/h4-12,19H,1-3H3. The van der Waals surface area contributed by atoms with Crippen molar-refractivity contribution in [3.05, 3.63) is 54.2 Å². The second-order valence-corrected chi connectivity index (χ2v) is 5.55. The number of hydrogen-bond donors (Lipinski definition) is 1. The Kier molecular flexibility index (Phi) is 3.67. The van der Waals surface area contributed by atoms with Crippen LogP contribution in [-0.4, -0.2) is 22.4 Å². The van der Waals surface area contributed by atoms with Crippen LogP contribution in [-0.2, 0) is 0 Å². The second-order valence-electron chi connectivity index (χ2n) is 5.55. The summed E-state index contributed by atoms with van der Waals surface area (Å²) >= 11 is 0. The molecule has 2 aromatic heterocycles. The van der Waals surface area contributed by atoms with Gasteiger partial charge in [0, 0.05) is 23.0 Å². The van der Waals surface area contributed by atoms with E-state index < -0.39 is 0 Å². The van der Waals surface area contributed by atoms with Gasteiger partial charge in [0.15, 0.2) is 0 Å². The fourth-order valence-corrected chi connectivity index (χ4v) is 2.50. The summed E-state index contributed by atoms with van der Waals surface area (Å²) in [6, 6.07) is 13.7. The third-order valence-electron chi connectivity index (χ3n) is 3.75. The normalized spacial score (nSPS) is 11.1. The highest BCUT2D eigenvalue weighted by molar-refractivity contribution is 6.10. The van der Waals surface area contributed by atoms with Gasteiger partial charge in [-0.15, -0.1) is 0 Å². The Bertz CT molecular complexity index is 816. The highest BCUT2D eigenvalue weighted by atomic mass is 16.5. The number of methoxy groups -OCH3 is 1. The SMILES string of the molecule is COc1ccc(-c2nn3ccccc3c2C(=N)C(C)C)cc1. The summed E-state index contributed by atoms with van der Waals surface area (Å²) in [5.74, 6) is 0.957. The minimum absolute atomic E-state index is 0.144. The van der Waals surface area contributed by atoms with E-state index in [9.17, 15) is 0 Å². The predicted octanol–water partition coefficient (Wildman–Crippen LogP) is 4.03. The van der Waals surface area contributed by atoms with Crippen LogP contribution >= 0.6 is 0 Å². The van der Waals surface area contributed by atoms with E-state index >= 15 is 0 Å². The molecule has 0 atom stereocenters. The maximum Gasteiger partial charge on any atom is 0.118 e. The van der Waals surface area contributed by atoms with E-state index in [2.05, 4.69) is 5.10 Å². The minimum atomic E-state index is 0.144. The number of nitrogens with one attached hydrogen (secondary N) is 1. The predicted molar refractivity (Wildman–Crippen MR) is 88.8 cm³/mol. The summed E-state index contributed by atoms with van der Waals surface area (Å²) in [6.07, 6.45) is 1.92. The summed E-state index contributed by atoms with van der Waals surface area (Å²) in [6.45, 7) is 4.07. The highest BCUT2D eigenvalue weighted by Crippen LogP contribution is 2.29. The van der Waals surface area contributed by atoms with Crippen molar-refractivity contribution in [2.24, 2.45) is 5.92 Å². The van der Waals surface area contributed by atoms with Crippen molar-refractivity contribution >= 4 is 11.2 Å². The lowest BCUT2D eigenvalue weighted by Crippen LogP contribution is -2.08. The zero-order valence-electron chi connectivity index (χ0n) is 13.0. The van der Waals surface area contributed by atoms with Gasteiger partial charge < -0.3 is 10.1 Å². The summed E-state index contributed by atoms with van der Waals surface area (Å²) in [5, 5.41) is 13.2. The average Bonchev–Trinajstić information content (AvgIpc) is 2.93. The summed E-state index contributed by atoms with van der Waals surface area (Å²) in [4.78, 5) is 0. The molecule has 0 saturated heterocycles. The Morgan fingerprint density at radius 1 is 1.14 bits per heavy atom. The number of benzene rings is 1. The molecule has 0 amide bonds. The Labute approximate surface area is 129 Å². The summed E-state index contributed by atoms with van der Waals surface area (Å²) in [5.41, 5.74) is 4.30. The molecule has 0 aliphatic heterocycles. The van der Waals surface area contributed by atoms with Crippen LogP contribution in [0, 0.1) is 11.3 Å². The molecule has 4 heteroatoms. The lowest BCUT2D eigenvalue weighted by atomic mass is 9.96. The van der Waals surface area contributed by atoms with Gasteiger partial charge in [0.25, 0.3) is 0 Å². The van der Waals surface area contributed by atoms with Crippen LogP contribution in [0.4, 0.5) is 0 Å². The first-order valence-electron chi connectivity index (χ1n) is 7.32. The van der Waals surface area contributed by atoms with Gasteiger partial charge in [0.2, 0.25) is 0 Å². The van der Waals surface area contributed by atoms with Crippen molar-refractivity contribution in [3.8, 4) is 17.0 Å². The molecule has 1 N–H and O–H groups in total. The second kappa shape index (κ2) is 5.64. The molecule has 0 spiro atoms. The average molecular weight is 293 g/mol. The lowest BCUT2D eigenvalue weighted by molar-refractivity contribution is 0.415. The van der Waals surface area contributed by atoms with Crippen LogP contribution in [0.1, 0.15) is 19.4 Å². The molecule has 0 bridgehead atoms. The number of aromatic nitrogens is 2. The van der Waals surface area contributed by atoms with Gasteiger partial charge in [-0.05, 0) is 42.3 Å². The van der Waals surface area contributed by atoms with Gasteiger partial charge >= 0.3 is 0 Å². The van der Waals surface area contributed by atoms with E-state index in [-0.39, 0.29) is 5.92 Å². The molecule has 3 aromatic rings. The van der Waals surface area contributed by atoms with Crippen molar-refractivity contribution in [1.29, 1.82) is 5.41 Å². The van der Waals surface area contributed by atoms with Gasteiger partial charge in [-0.2, -0.15) is 5.10 Å². The number of hydrogen-bond acceptors (Lipinski definition) is 3. The topological polar surface area (TPSA) is 50.4 Å². The molecular formula is C18H19N3O. The van der Waals surface area contributed by atoms with Crippen LogP contribution < -0.4 is 4.74 Å². The number of fused-ring (bicyclic) bond motifs is 1. The maximum absolute atomic E-state index is 8.47. The molecule has 0 unspecified atom stereocenters. The number of pyridine rings is 1. The van der Waals surface area contributed by atoms with Crippen molar-refractivity contribution in [1.82, 2.24) is 9.61 Å². The molecule has 0 fully saturated rings.